The monoisotopic (exact) mass is 246 g/mol. The third-order valence-corrected chi connectivity index (χ3v) is 2.54. The van der Waals surface area contributed by atoms with Gasteiger partial charge in [-0.3, -0.25) is 0 Å². The van der Waals surface area contributed by atoms with Crippen molar-refractivity contribution >= 4 is 28.6 Å². The average Bonchev–Trinajstić information content (AvgIpc) is 2.07. The largest absolute Gasteiger partial charge is 0.493 e. The van der Waals surface area contributed by atoms with E-state index in [9.17, 15) is 0 Å². The number of halogens is 1. The quantitative estimate of drug-likeness (QED) is 0.807. The Morgan fingerprint density at radius 3 is 2.83 bits per heavy atom. The lowest BCUT2D eigenvalue weighted by atomic mass is 10.2. The first-order valence-electron chi connectivity index (χ1n) is 3.74. The van der Waals surface area contributed by atoms with E-state index in [0.29, 0.717) is 6.61 Å². The minimum absolute atomic E-state index is 0.651. The lowest BCUT2D eigenvalue weighted by Crippen LogP contribution is -1.97. The SMILES string of the molecule is Cc1ccc(OCCS)cc1Br. The molecule has 0 fully saturated rings. The van der Waals surface area contributed by atoms with Gasteiger partial charge in [-0.25, -0.2) is 0 Å². The van der Waals surface area contributed by atoms with Crippen molar-refractivity contribution in [3.05, 3.63) is 28.2 Å². The molecule has 0 radical (unpaired) electrons. The molecule has 0 spiro atoms. The van der Waals surface area contributed by atoms with Gasteiger partial charge in [0, 0.05) is 10.2 Å². The molecule has 0 aliphatic rings. The van der Waals surface area contributed by atoms with Crippen molar-refractivity contribution < 1.29 is 4.74 Å². The Bertz CT molecular complexity index is 263. The molecule has 1 nitrogen and oxygen atoms in total. The summed E-state index contributed by atoms with van der Waals surface area (Å²) < 4.78 is 6.47. The van der Waals surface area contributed by atoms with Gasteiger partial charge in [-0.2, -0.15) is 12.6 Å². The van der Waals surface area contributed by atoms with Crippen LogP contribution in [0.1, 0.15) is 5.56 Å². The number of aryl methyl sites for hydroxylation is 1. The van der Waals surface area contributed by atoms with Gasteiger partial charge in [0.25, 0.3) is 0 Å². The molecule has 66 valence electrons. The Kier molecular flexibility index (Phi) is 3.95. The van der Waals surface area contributed by atoms with Gasteiger partial charge in [0.1, 0.15) is 5.75 Å². The van der Waals surface area contributed by atoms with Crippen LogP contribution in [0.15, 0.2) is 22.7 Å². The van der Waals surface area contributed by atoms with Gasteiger partial charge in [0.15, 0.2) is 0 Å². The van der Waals surface area contributed by atoms with Crippen molar-refractivity contribution in [3.63, 3.8) is 0 Å². The van der Waals surface area contributed by atoms with Crippen LogP contribution in [0, 0.1) is 6.92 Å². The Morgan fingerprint density at radius 2 is 2.25 bits per heavy atom. The van der Waals surface area contributed by atoms with Crippen LogP contribution >= 0.6 is 28.6 Å². The maximum atomic E-state index is 5.38. The molecule has 0 aliphatic carbocycles. The molecule has 0 saturated carbocycles. The molecule has 1 rings (SSSR count). The smallest absolute Gasteiger partial charge is 0.120 e. The van der Waals surface area contributed by atoms with Crippen molar-refractivity contribution in [2.24, 2.45) is 0 Å². The fraction of sp³-hybridized carbons (Fsp3) is 0.333. The van der Waals surface area contributed by atoms with E-state index in [4.69, 9.17) is 4.74 Å². The van der Waals surface area contributed by atoms with Crippen molar-refractivity contribution in [1.29, 1.82) is 0 Å². The zero-order valence-corrected chi connectivity index (χ0v) is 9.36. The number of hydrogen-bond acceptors (Lipinski definition) is 2. The van der Waals surface area contributed by atoms with E-state index < -0.39 is 0 Å². The Balaban J connectivity index is 2.69. The zero-order valence-electron chi connectivity index (χ0n) is 6.88. The van der Waals surface area contributed by atoms with Crippen LogP contribution in [0.3, 0.4) is 0 Å². The van der Waals surface area contributed by atoms with Crippen LogP contribution in [0.4, 0.5) is 0 Å². The molecule has 0 heterocycles. The normalized spacial score (nSPS) is 9.92. The summed E-state index contributed by atoms with van der Waals surface area (Å²) in [7, 11) is 0. The number of thiol groups is 1. The minimum Gasteiger partial charge on any atom is -0.493 e. The highest BCUT2D eigenvalue weighted by Crippen LogP contribution is 2.21. The molecule has 0 bridgehead atoms. The third kappa shape index (κ3) is 2.72. The first kappa shape index (κ1) is 9.93. The summed E-state index contributed by atoms with van der Waals surface area (Å²) in [5, 5.41) is 0. The van der Waals surface area contributed by atoms with Crippen molar-refractivity contribution in [1.82, 2.24) is 0 Å². The standard InChI is InChI=1S/C9H11BrOS/c1-7-2-3-8(6-9(7)10)11-4-5-12/h2-3,6,12H,4-5H2,1H3. The van der Waals surface area contributed by atoms with Gasteiger partial charge < -0.3 is 4.74 Å². The summed E-state index contributed by atoms with van der Waals surface area (Å²) in [6, 6.07) is 5.96. The van der Waals surface area contributed by atoms with Crippen molar-refractivity contribution in [3.8, 4) is 5.75 Å². The van der Waals surface area contributed by atoms with E-state index in [0.717, 1.165) is 16.0 Å². The van der Waals surface area contributed by atoms with Gasteiger partial charge in [-0.15, -0.1) is 0 Å². The molecule has 1 aromatic carbocycles. The van der Waals surface area contributed by atoms with E-state index in [-0.39, 0.29) is 0 Å². The maximum absolute atomic E-state index is 5.38. The molecule has 0 amide bonds. The van der Waals surface area contributed by atoms with E-state index in [1.165, 1.54) is 5.56 Å². The minimum atomic E-state index is 0.651. The van der Waals surface area contributed by atoms with Crippen LogP contribution < -0.4 is 4.74 Å². The second-order valence-corrected chi connectivity index (χ2v) is 3.78. The number of benzene rings is 1. The lowest BCUT2D eigenvalue weighted by molar-refractivity contribution is 0.344. The first-order valence-corrected chi connectivity index (χ1v) is 5.16. The van der Waals surface area contributed by atoms with Gasteiger partial charge in [0.05, 0.1) is 6.61 Å². The third-order valence-electron chi connectivity index (χ3n) is 1.50. The summed E-state index contributed by atoms with van der Waals surface area (Å²) in [6.45, 7) is 2.70. The summed E-state index contributed by atoms with van der Waals surface area (Å²) in [5.41, 5.74) is 1.22. The highest BCUT2D eigenvalue weighted by molar-refractivity contribution is 9.10. The second kappa shape index (κ2) is 4.77. The Morgan fingerprint density at radius 1 is 1.50 bits per heavy atom. The fourth-order valence-corrected chi connectivity index (χ4v) is 1.28. The fourth-order valence-electron chi connectivity index (χ4n) is 0.827. The van der Waals surface area contributed by atoms with Crippen molar-refractivity contribution in [2.75, 3.05) is 12.4 Å². The summed E-state index contributed by atoms with van der Waals surface area (Å²) in [6.07, 6.45) is 0. The second-order valence-electron chi connectivity index (χ2n) is 2.48. The molecule has 0 aliphatic heterocycles. The van der Waals surface area contributed by atoms with E-state index in [1.54, 1.807) is 0 Å². The molecule has 0 saturated heterocycles. The van der Waals surface area contributed by atoms with E-state index >= 15 is 0 Å². The molecule has 0 N–H and O–H groups in total. The van der Waals surface area contributed by atoms with Crippen molar-refractivity contribution in [2.45, 2.75) is 6.92 Å². The van der Waals surface area contributed by atoms with Gasteiger partial charge >= 0.3 is 0 Å². The summed E-state index contributed by atoms with van der Waals surface area (Å²) in [4.78, 5) is 0. The van der Waals surface area contributed by atoms with Gasteiger partial charge in [-0.1, -0.05) is 22.0 Å². The predicted molar refractivity (Wildman–Crippen MR) is 58.2 cm³/mol. The van der Waals surface area contributed by atoms with E-state index in [1.807, 2.05) is 25.1 Å². The van der Waals surface area contributed by atoms with Crippen LogP contribution in [0.5, 0.6) is 5.75 Å². The Labute approximate surface area is 86.7 Å². The molecule has 0 atom stereocenters. The van der Waals surface area contributed by atoms with Crippen LogP contribution in [-0.4, -0.2) is 12.4 Å². The zero-order chi connectivity index (χ0) is 8.97. The predicted octanol–water partition coefficient (Wildman–Crippen LogP) is 3.07. The molecular formula is C9H11BrOS. The van der Waals surface area contributed by atoms with Crippen LogP contribution in [-0.2, 0) is 0 Å². The summed E-state index contributed by atoms with van der Waals surface area (Å²) >= 11 is 7.50. The maximum Gasteiger partial charge on any atom is 0.120 e. The first-order chi connectivity index (χ1) is 5.74. The molecule has 0 unspecified atom stereocenters. The van der Waals surface area contributed by atoms with Crippen LogP contribution in [0.25, 0.3) is 0 Å². The Hall–Kier alpha value is -0.150. The average molecular weight is 247 g/mol. The summed E-state index contributed by atoms with van der Waals surface area (Å²) in [5.74, 6) is 1.63. The number of rotatable bonds is 3. The highest BCUT2D eigenvalue weighted by atomic mass is 79.9. The molecule has 0 aromatic heterocycles. The van der Waals surface area contributed by atoms with E-state index in [2.05, 4.69) is 28.6 Å². The highest BCUT2D eigenvalue weighted by Gasteiger charge is 1.96. The van der Waals surface area contributed by atoms with Gasteiger partial charge in [-0.05, 0) is 24.6 Å². The molecule has 12 heavy (non-hydrogen) atoms. The van der Waals surface area contributed by atoms with Crippen LogP contribution in [0.2, 0.25) is 0 Å². The number of ether oxygens (including phenoxy) is 1. The number of hydrogen-bond donors (Lipinski definition) is 1. The molecule has 3 heteroatoms. The lowest BCUT2D eigenvalue weighted by Gasteiger charge is -2.05. The molecule has 1 aromatic rings. The molecular weight excluding hydrogens is 236 g/mol. The topological polar surface area (TPSA) is 9.23 Å². The van der Waals surface area contributed by atoms with Gasteiger partial charge in [0.2, 0.25) is 0 Å².